The first-order valence-electron chi connectivity index (χ1n) is 10.4. The fraction of sp³-hybridized carbons (Fsp3) is 0.333. The Morgan fingerprint density at radius 3 is 2.53 bits per heavy atom. The van der Waals surface area contributed by atoms with Crippen molar-refractivity contribution in [1.82, 2.24) is 20.5 Å². The van der Waals surface area contributed by atoms with Gasteiger partial charge in [-0.2, -0.15) is 0 Å². The molecule has 0 amide bonds. The molecule has 1 aliphatic rings. The number of pyridine rings is 1. The first-order chi connectivity index (χ1) is 14.3. The first-order valence-corrected chi connectivity index (χ1v) is 10.4. The van der Waals surface area contributed by atoms with Crippen molar-refractivity contribution in [3.8, 4) is 0 Å². The van der Waals surface area contributed by atoms with Crippen LogP contribution in [0.4, 0.5) is 0 Å². The third-order valence-electron chi connectivity index (χ3n) is 5.61. The molecule has 158 valence electrons. The molecule has 1 aliphatic heterocycles. The summed E-state index contributed by atoms with van der Waals surface area (Å²) in [7, 11) is 1.82. The molecule has 1 atom stereocenters. The van der Waals surface area contributed by atoms with Gasteiger partial charge < -0.3 is 10.6 Å². The second kappa shape index (κ2) is 11.3. The summed E-state index contributed by atoms with van der Waals surface area (Å²) >= 11 is 0. The van der Waals surface area contributed by atoms with Crippen LogP contribution in [0.25, 0.3) is 10.9 Å². The van der Waals surface area contributed by atoms with Crippen LogP contribution >= 0.6 is 24.0 Å². The van der Waals surface area contributed by atoms with Crippen LogP contribution in [0.15, 0.2) is 71.9 Å². The molecule has 1 saturated heterocycles. The number of hydrogen-bond acceptors (Lipinski definition) is 3. The molecular formula is C24H30IN5. The predicted molar refractivity (Wildman–Crippen MR) is 135 cm³/mol. The van der Waals surface area contributed by atoms with E-state index in [1.54, 1.807) is 0 Å². The van der Waals surface area contributed by atoms with Crippen LogP contribution in [0.2, 0.25) is 0 Å². The second-order valence-electron chi connectivity index (χ2n) is 7.47. The molecule has 0 bridgehead atoms. The molecule has 1 aromatic heterocycles. The normalized spacial score (nSPS) is 15.6. The van der Waals surface area contributed by atoms with Crippen molar-refractivity contribution in [3.63, 3.8) is 0 Å². The van der Waals surface area contributed by atoms with Gasteiger partial charge in [0.15, 0.2) is 5.96 Å². The van der Waals surface area contributed by atoms with Crippen LogP contribution in [0.1, 0.15) is 30.0 Å². The summed E-state index contributed by atoms with van der Waals surface area (Å²) in [6, 6.07) is 21.5. The lowest BCUT2D eigenvalue weighted by Crippen LogP contribution is -2.42. The molecule has 2 N–H and O–H groups in total. The maximum absolute atomic E-state index is 4.54. The van der Waals surface area contributed by atoms with Crippen LogP contribution in [0.5, 0.6) is 0 Å². The molecule has 5 nitrogen and oxygen atoms in total. The summed E-state index contributed by atoms with van der Waals surface area (Å²) in [4.78, 5) is 11.5. The van der Waals surface area contributed by atoms with E-state index < -0.39 is 0 Å². The molecule has 0 aliphatic carbocycles. The molecule has 30 heavy (non-hydrogen) atoms. The van der Waals surface area contributed by atoms with Gasteiger partial charge in [0.05, 0.1) is 11.6 Å². The summed E-state index contributed by atoms with van der Waals surface area (Å²) in [6.07, 6.45) is 4.41. The Bertz CT molecular complexity index is 949. The largest absolute Gasteiger partial charge is 0.354 e. The van der Waals surface area contributed by atoms with E-state index in [2.05, 4.69) is 80.1 Å². The summed E-state index contributed by atoms with van der Waals surface area (Å²) in [5.41, 5.74) is 3.57. The van der Waals surface area contributed by atoms with Gasteiger partial charge >= 0.3 is 0 Å². The zero-order chi connectivity index (χ0) is 19.9. The quantitative estimate of drug-likeness (QED) is 0.291. The number of guanidine groups is 1. The first kappa shape index (κ1) is 22.5. The van der Waals surface area contributed by atoms with Crippen molar-refractivity contribution in [3.05, 3.63) is 78.0 Å². The Balaban J connectivity index is 0.00000256. The maximum atomic E-state index is 4.54. The van der Waals surface area contributed by atoms with Gasteiger partial charge in [-0.3, -0.25) is 14.9 Å². The van der Waals surface area contributed by atoms with Crippen molar-refractivity contribution >= 4 is 40.8 Å². The molecule has 0 spiro atoms. The summed E-state index contributed by atoms with van der Waals surface area (Å²) in [5, 5.41) is 8.16. The molecule has 0 saturated carbocycles. The van der Waals surface area contributed by atoms with Crippen LogP contribution in [0, 0.1) is 0 Å². The van der Waals surface area contributed by atoms with E-state index in [-0.39, 0.29) is 24.0 Å². The number of fused-ring (bicyclic) bond motifs is 1. The topological polar surface area (TPSA) is 52.6 Å². The van der Waals surface area contributed by atoms with Crippen LogP contribution < -0.4 is 10.6 Å². The SMILES string of the molecule is CN=C(NCc1cccc2cccnc12)NCC(c1ccccc1)N1CCCC1.I. The van der Waals surface area contributed by atoms with Crippen molar-refractivity contribution in [2.45, 2.75) is 25.4 Å². The third kappa shape index (κ3) is 5.49. The highest BCUT2D eigenvalue weighted by atomic mass is 127. The number of para-hydroxylation sites is 1. The molecule has 1 fully saturated rings. The smallest absolute Gasteiger partial charge is 0.191 e. The van der Waals surface area contributed by atoms with Gasteiger partial charge in [-0.1, -0.05) is 54.6 Å². The fourth-order valence-electron chi connectivity index (χ4n) is 4.09. The highest BCUT2D eigenvalue weighted by Crippen LogP contribution is 2.24. The standard InChI is InChI=1S/C24H29N5.HI/c1-25-24(27-17-21-12-7-11-20-13-8-14-26-23(20)21)28-18-22(29-15-5-6-16-29)19-9-3-2-4-10-19;/h2-4,7-14,22H,5-6,15-18H2,1H3,(H2,25,27,28);1H. The van der Waals surface area contributed by atoms with E-state index >= 15 is 0 Å². The highest BCUT2D eigenvalue weighted by Gasteiger charge is 2.23. The van der Waals surface area contributed by atoms with Gasteiger partial charge in [-0.25, -0.2) is 0 Å². The Labute approximate surface area is 196 Å². The summed E-state index contributed by atoms with van der Waals surface area (Å²) in [6.45, 7) is 3.84. The zero-order valence-corrected chi connectivity index (χ0v) is 19.8. The van der Waals surface area contributed by atoms with Gasteiger partial charge in [0, 0.05) is 31.7 Å². The Morgan fingerprint density at radius 1 is 1.00 bits per heavy atom. The maximum Gasteiger partial charge on any atom is 0.191 e. The van der Waals surface area contributed by atoms with Crippen LogP contribution in [-0.4, -0.2) is 42.5 Å². The number of nitrogens with zero attached hydrogens (tertiary/aromatic N) is 3. The van der Waals surface area contributed by atoms with Crippen molar-refractivity contribution in [2.24, 2.45) is 4.99 Å². The number of hydrogen-bond donors (Lipinski definition) is 2. The number of benzene rings is 2. The minimum absolute atomic E-state index is 0. The van der Waals surface area contributed by atoms with Gasteiger partial charge in [0.2, 0.25) is 0 Å². The second-order valence-corrected chi connectivity index (χ2v) is 7.47. The minimum Gasteiger partial charge on any atom is -0.354 e. The molecule has 1 unspecified atom stereocenters. The Hall–Kier alpha value is -2.19. The molecule has 2 aromatic carbocycles. The van der Waals surface area contributed by atoms with E-state index in [0.29, 0.717) is 12.6 Å². The monoisotopic (exact) mass is 515 g/mol. The van der Waals surface area contributed by atoms with Crippen molar-refractivity contribution in [1.29, 1.82) is 0 Å². The summed E-state index contributed by atoms with van der Waals surface area (Å²) < 4.78 is 0. The molecular weight excluding hydrogens is 485 g/mol. The summed E-state index contributed by atoms with van der Waals surface area (Å²) in [5.74, 6) is 0.818. The van der Waals surface area contributed by atoms with Crippen molar-refractivity contribution in [2.75, 3.05) is 26.7 Å². The fourth-order valence-corrected chi connectivity index (χ4v) is 4.09. The van der Waals surface area contributed by atoms with E-state index in [0.717, 1.165) is 36.5 Å². The van der Waals surface area contributed by atoms with Crippen LogP contribution in [-0.2, 0) is 6.54 Å². The van der Waals surface area contributed by atoms with Gasteiger partial charge in [-0.15, -0.1) is 24.0 Å². The zero-order valence-electron chi connectivity index (χ0n) is 17.4. The molecule has 3 aromatic rings. The predicted octanol–water partition coefficient (Wildman–Crippen LogP) is 4.35. The van der Waals surface area contributed by atoms with Gasteiger partial charge in [0.1, 0.15) is 0 Å². The van der Waals surface area contributed by atoms with Crippen LogP contribution in [0.3, 0.4) is 0 Å². The molecule has 4 rings (SSSR count). The lowest BCUT2D eigenvalue weighted by atomic mass is 10.1. The molecule has 0 radical (unpaired) electrons. The number of likely N-dealkylation sites (tertiary alicyclic amines) is 1. The van der Waals surface area contributed by atoms with E-state index in [1.165, 1.54) is 24.0 Å². The third-order valence-corrected chi connectivity index (χ3v) is 5.61. The number of rotatable bonds is 6. The van der Waals surface area contributed by atoms with Crippen molar-refractivity contribution < 1.29 is 0 Å². The van der Waals surface area contributed by atoms with E-state index in [1.807, 2.05) is 19.3 Å². The minimum atomic E-state index is 0. The lowest BCUT2D eigenvalue weighted by molar-refractivity contribution is 0.245. The van der Waals surface area contributed by atoms with E-state index in [9.17, 15) is 0 Å². The molecule has 2 heterocycles. The van der Waals surface area contributed by atoms with E-state index in [4.69, 9.17) is 0 Å². The number of aromatic nitrogens is 1. The average molecular weight is 515 g/mol. The Morgan fingerprint density at radius 2 is 1.77 bits per heavy atom. The average Bonchev–Trinajstić information content (AvgIpc) is 3.31. The number of nitrogens with one attached hydrogen (secondary N) is 2. The highest BCUT2D eigenvalue weighted by molar-refractivity contribution is 14.0. The van der Waals surface area contributed by atoms with Gasteiger partial charge in [-0.05, 0) is 43.1 Å². The Kier molecular flexibility index (Phi) is 8.45. The lowest BCUT2D eigenvalue weighted by Gasteiger charge is -2.29. The number of halogens is 1. The number of aliphatic imine (C=N–C) groups is 1. The molecule has 6 heteroatoms. The van der Waals surface area contributed by atoms with Gasteiger partial charge in [0.25, 0.3) is 0 Å².